The lowest BCUT2D eigenvalue weighted by molar-refractivity contribution is 0.0854. The van der Waals surface area contributed by atoms with Gasteiger partial charge in [0, 0.05) is 31.2 Å². The molecule has 1 saturated heterocycles. The summed E-state index contributed by atoms with van der Waals surface area (Å²) in [4.78, 5) is 14.2. The highest BCUT2D eigenvalue weighted by molar-refractivity contribution is 7.19. The molecule has 0 amide bonds. The van der Waals surface area contributed by atoms with Gasteiger partial charge in [0.15, 0.2) is 0 Å². The minimum atomic E-state index is 0.541. The fourth-order valence-electron chi connectivity index (χ4n) is 3.42. The van der Waals surface area contributed by atoms with Crippen LogP contribution in [0.5, 0.6) is 0 Å². The molecule has 0 saturated carbocycles. The first-order valence-corrected chi connectivity index (χ1v) is 8.22. The fraction of sp³-hybridized carbons (Fsp3) is 0.600. The summed E-state index contributed by atoms with van der Waals surface area (Å²) < 4.78 is 5.47. The van der Waals surface area contributed by atoms with Crippen LogP contribution in [-0.2, 0) is 17.6 Å². The van der Waals surface area contributed by atoms with Crippen LogP contribution in [0.15, 0.2) is 6.33 Å². The molecule has 1 aliphatic heterocycles. The standard InChI is InChI=1S/C15H19N3OS/c1-18(10-5-7-19-8-6-10)14-13-11-3-2-4-12(11)20-15(13)17-9-16-14/h9-10H,2-8H2,1H3. The first kappa shape index (κ1) is 12.5. The number of hydrogen-bond acceptors (Lipinski definition) is 5. The van der Waals surface area contributed by atoms with Gasteiger partial charge in [-0.3, -0.25) is 0 Å². The van der Waals surface area contributed by atoms with E-state index < -0.39 is 0 Å². The van der Waals surface area contributed by atoms with Crippen LogP contribution >= 0.6 is 11.3 Å². The van der Waals surface area contributed by atoms with E-state index in [4.69, 9.17) is 4.74 Å². The van der Waals surface area contributed by atoms with Crippen LogP contribution in [0.3, 0.4) is 0 Å². The minimum Gasteiger partial charge on any atom is -0.381 e. The van der Waals surface area contributed by atoms with Crippen molar-refractivity contribution in [1.29, 1.82) is 0 Å². The topological polar surface area (TPSA) is 38.2 Å². The van der Waals surface area contributed by atoms with Gasteiger partial charge in [-0.25, -0.2) is 9.97 Å². The number of rotatable bonds is 2. The van der Waals surface area contributed by atoms with Crippen LogP contribution in [0.2, 0.25) is 0 Å². The van der Waals surface area contributed by atoms with Crippen LogP contribution in [0.1, 0.15) is 29.7 Å². The Bertz CT molecular complexity index is 633. The molecule has 0 spiro atoms. The van der Waals surface area contributed by atoms with Gasteiger partial charge >= 0.3 is 0 Å². The van der Waals surface area contributed by atoms with Crippen LogP contribution in [0.25, 0.3) is 10.2 Å². The van der Waals surface area contributed by atoms with Crippen molar-refractivity contribution >= 4 is 27.4 Å². The molecule has 1 fully saturated rings. The number of nitrogens with zero attached hydrogens (tertiary/aromatic N) is 3. The monoisotopic (exact) mass is 289 g/mol. The van der Waals surface area contributed by atoms with Gasteiger partial charge in [0.25, 0.3) is 0 Å². The molecule has 3 heterocycles. The van der Waals surface area contributed by atoms with Gasteiger partial charge in [-0.1, -0.05) is 0 Å². The number of aryl methyl sites for hydroxylation is 2. The average molecular weight is 289 g/mol. The molecule has 106 valence electrons. The molecule has 0 N–H and O–H groups in total. The van der Waals surface area contributed by atoms with Gasteiger partial charge in [-0.05, 0) is 37.7 Å². The molecule has 4 rings (SSSR count). The Morgan fingerprint density at radius 1 is 1.25 bits per heavy atom. The SMILES string of the molecule is CN(c1ncnc2sc3c(c12)CCC3)C1CCOCC1. The van der Waals surface area contributed by atoms with Crippen molar-refractivity contribution in [2.45, 2.75) is 38.1 Å². The molecule has 1 aliphatic carbocycles. The number of aromatic nitrogens is 2. The zero-order chi connectivity index (χ0) is 13.5. The molecule has 0 unspecified atom stereocenters. The first-order chi connectivity index (χ1) is 9.84. The van der Waals surface area contributed by atoms with Crippen LogP contribution in [0, 0.1) is 0 Å². The van der Waals surface area contributed by atoms with Crippen molar-refractivity contribution in [1.82, 2.24) is 9.97 Å². The van der Waals surface area contributed by atoms with Crippen LogP contribution < -0.4 is 4.90 Å². The number of fused-ring (bicyclic) bond motifs is 3. The van der Waals surface area contributed by atoms with Gasteiger partial charge in [0.05, 0.1) is 5.39 Å². The quantitative estimate of drug-likeness (QED) is 0.852. The summed E-state index contributed by atoms with van der Waals surface area (Å²) in [5.41, 5.74) is 1.51. The number of anilines is 1. The molecule has 2 aromatic heterocycles. The second-order valence-corrected chi connectivity index (χ2v) is 6.77. The summed E-state index contributed by atoms with van der Waals surface area (Å²) in [5, 5.41) is 1.32. The Hall–Kier alpha value is -1.20. The maximum absolute atomic E-state index is 5.47. The third-order valence-electron chi connectivity index (χ3n) is 4.55. The van der Waals surface area contributed by atoms with Crippen molar-refractivity contribution < 1.29 is 4.74 Å². The highest BCUT2D eigenvalue weighted by Crippen LogP contribution is 2.40. The third-order valence-corrected chi connectivity index (χ3v) is 5.75. The van der Waals surface area contributed by atoms with Crippen molar-refractivity contribution in [2.75, 3.05) is 25.2 Å². The second-order valence-electron chi connectivity index (χ2n) is 5.69. The van der Waals surface area contributed by atoms with Crippen molar-refractivity contribution in [3.05, 3.63) is 16.8 Å². The van der Waals surface area contributed by atoms with E-state index in [9.17, 15) is 0 Å². The average Bonchev–Trinajstić information content (AvgIpc) is 3.07. The molecule has 0 aromatic carbocycles. The predicted molar refractivity (Wildman–Crippen MR) is 81.7 cm³/mol. The fourth-order valence-corrected chi connectivity index (χ4v) is 4.65. The van der Waals surface area contributed by atoms with Gasteiger partial charge in [-0.2, -0.15) is 0 Å². The smallest absolute Gasteiger partial charge is 0.141 e. The first-order valence-electron chi connectivity index (χ1n) is 7.40. The van der Waals surface area contributed by atoms with Gasteiger partial charge in [-0.15, -0.1) is 11.3 Å². The lowest BCUT2D eigenvalue weighted by Crippen LogP contribution is -2.37. The van der Waals surface area contributed by atoms with E-state index in [1.54, 1.807) is 6.33 Å². The van der Waals surface area contributed by atoms with Crippen LogP contribution in [0.4, 0.5) is 5.82 Å². The summed E-state index contributed by atoms with van der Waals surface area (Å²) in [7, 11) is 2.18. The maximum Gasteiger partial charge on any atom is 0.141 e. The van der Waals surface area contributed by atoms with E-state index in [2.05, 4.69) is 21.9 Å². The molecule has 2 aliphatic rings. The van der Waals surface area contributed by atoms with E-state index in [1.807, 2.05) is 11.3 Å². The van der Waals surface area contributed by atoms with Crippen molar-refractivity contribution in [2.24, 2.45) is 0 Å². The predicted octanol–water partition coefficient (Wildman–Crippen LogP) is 2.80. The number of thiophene rings is 1. The Morgan fingerprint density at radius 2 is 2.10 bits per heavy atom. The highest BCUT2D eigenvalue weighted by atomic mass is 32.1. The Kier molecular flexibility index (Phi) is 3.11. The van der Waals surface area contributed by atoms with E-state index in [-0.39, 0.29) is 0 Å². The Morgan fingerprint density at radius 3 is 2.95 bits per heavy atom. The number of ether oxygens (including phenoxy) is 1. The summed E-state index contributed by atoms with van der Waals surface area (Å²) in [6, 6.07) is 0.541. The van der Waals surface area contributed by atoms with Gasteiger partial charge in [0.2, 0.25) is 0 Å². The van der Waals surface area contributed by atoms with E-state index in [0.29, 0.717) is 6.04 Å². The summed E-state index contributed by atoms with van der Waals surface area (Å²) in [6.45, 7) is 1.73. The number of hydrogen-bond donors (Lipinski definition) is 0. The van der Waals surface area contributed by atoms with Gasteiger partial charge in [0.1, 0.15) is 17.0 Å². The zero-order valence-electron chi connectivity index (χ0n) is 11.8. The molecule has 20 heavy (non-hydrogen) atoms. The van der Waals surface area contributed by atoms with Crippen molar-refractivity contribution in [3.63, 3.8) is 0 Å². The second kappa shape index (κ2) is 4.97. The molecule has 0 atom stereocenters. The maximum atomic E-state index is 5.47. The summed E-state index contributed by atoms with van der Waals surface area (Å²) in [5.74, 6) is 1.13. The van der Waals surface area contributed by atoms with Crippen molar-refractivity contribution in [3.8, 4) is 0 Å². The lowest BCUT2D eigenvalue weighted by Gasteiger charge is -2.32. The largest absolute Gasteiger partial charge is 0.381 e. The molecule has 2 aromatic rings. The lowest BCUT2D eigenvalue weighted by atomic mass is 10.1. The molecular weight excluding hydrogens is 270 g/mol. The van der Waals surface area contributed by atoms with E-state index in [0.717, 1.165) is 31.9 Å². The minimum absolute atomic E-state index is 0.541. The van der Waals surface area contributed by atoms with E-state index in [1.165, 1.54) is 39.9 Å². The highest BCUT2D eigenvalue weighted by Gasteiger charge is 2.26. The van der Waals surface area contributed by atoms with Crippen LogP contribution in [-0.4, -0.2) is 36.3 Å². The zero-order valence-corrected chi connectivity index (χ0v) is 12.6. The Balaban J connectivity index is 1.78. The molecular formula is C15H19N3OS. The molecule has 0 bridgehead atoms. The van der Waals surface area contributed by atoms with E-state index >= 15 is 0 Å². The summed E-state index contributed by atoms with van der Waals surface area (Å²) >= 11 is 1.86. The Labute approximate surface area is 122 Å². The van der Waals surface area contributed by atoms with Gasteiger partial charge < -0.3 is 9.64 Å². The third kappa shape index (κ3) is 1.91. The normalized spacial score (nSPS) is 19.4. The molecule has 5 heteroatoms. The molecule has 4 nitrogen and oxygen atoms in total. The molecule has 0 radical (unpaired) electrons. The summed E-state index contributed by atoms with van der Waals surface area (Å²) in [6.07, 6.45) is 7.60.